The molecule has 2 atom stereocenters. The van der Waals surface area contributed by atoms with Crippen LogP contribution in [0.3, 0.4) is 0 Å². The largest absolute Gasteiger partial charge is 0.722 e. The van der Waals surface area contributed by atoms with Gasteiger partial charge in [-0.15, -0.1) is 6.58 Å². The van der Waals surface area contributed by atoms with Gasteiger partial charge in [0.2, 0.25) is 5.60 Å². The molecule has 0 rings (SSSR count). The Balaban J connectivity index is 5.63. The Labute approximate surface area is 99.8 Å². The highest BCUT2D eigenvalue weighted by Gasteiger charge is 2.52. The lowest BCUT2D eigenvalue weighted by Crippen LogP contribution is -2.58. The summed E-state index contributed by atoms with van der Waals surface area (Å²) in [7, 11) is -0.486. The molecule has 0 aromatic carbocycles. The van der Waals surface area contributed by atoms with Gasteiger partial charge in [-0.2, -0.15) is 0 Å². The molecule has 0 bridgehead atoms. The minimum atomic E-state index is -3.22. The van der Waals surface area contributed by atoms with Crippen LogP contribution in [0.1, 0.15) is 13.8 Å². The van der Waals surface area contributed by atoms with E-state index in [-0.39, 0.29) is 0 Å². The fourth-order valence-corrected chi connectivity index (χ4v) is 1.55. The van der Waals surface area contributed by atoms with E-state index in [1.54, 1.807) is 0 Å². The molecule has 0 heterocycles. The number of likely N-dealkylation sites (N-methyl/N-ethyl adjacent to an activating group) is 1. The average Bonchev–Trinajstić information content (AvgIpc) is 2.22. The second kappa shape index (κ2) is 5.91. The molecule has 0 aliphatic heterocycles. The van der Waals surface area contributed by atoms with E-state index in [0.717, 1.165) is 11.8 Å². The van der Waals surface area contributed by atoms with Gasteiger partial charge in [0.15, 0.2) is 5.78 Å². The van der Waals surface area contributed by atoms with Crippen LogP contribution in [0.15, 0.2) is 12.7 Å². The van der Waals surface area contributed by atoms with Crippen molar-refractivity contribution in [2.75, 3.05) is 14.1 Å². The Kier molecular flexibility index (Phi) is 5.48. The van der Waals surface area contributed by atoms with Crippen LogP contribution in [-0.2, 0) is 14.2 Å². The number of hydrogen-bond donors (Lipinski definition) is 0. The smallest absolute Gasteiger partial charge is 0.357 e. The molecule has 0 aliphatic rings. The van der Waals surface area contributed by atoms with Crippen molar-refractivity contribution < 1.29 is 22.9 Å². The van der Waals surface area contributed by atoms with Gasteiger partial charge in [0.05, 0.1) is 0 Å². The fourth-order valence-electron chi connectivity index (χ4n) is 1.55. The van der Waals surface area contributed by atoms with Gasteiger partial charge in [-0.25, -0.2) is 0 Å². The zero-order valence-electron chi connectivity index (χ0n) is 10.4. The van der Waals surface area contributed by atoms with Gasteiger partial charge in [-0.1, -0.05) is 13.0 Å². The summed E-state index contributed by atoms with van der Waals surface area (Å²) in [5.74, 6) is -2.45. The van der Waals surface area contributed by atoms with Crippen LogP contribution in [-0.4, -0.2) is 43.8 Å². The van der Waals surface area contributed by atoms with Crippen molar-refractivity contribution in [2.24, 2.45) is 5.92 Å². The zero-order valence-corrected chi connectivity index (χ0v) is 10.4. The van der Waals surface area contributed by atoms with Crippen molar-refractivity contribution in [2.45, 2.75) is 19.4 Å². The molecule has 17 heavy (non-hydrogen) atoms. The van der Waals surface area contributed by atoms with Gasteiger partial charge in [0.1, 0.15) is 0 Å². The van der Waals surface area contributed by atoms with Gasteiger partial charge in [0.25, 0.3) is 5.91 Å². The van der Waals surface area contributed by atoms with Crippen LogP contribution in [0.25, 0.3) is 0 Å². The number of amides is 1. The molecule has 0 aromatic heterocycles. The van der Waals surface area contributed by atoms with E-state index in [1.165, 1.54) is 27.1 Å². The number of carbonyl (C=O) groups is 2. The van der Waals surface area contributed by atoms with Gasteiger partial charge in [-0.3, -0.25) is 18.2 Å². The molecule has 7 heteroatoms. The lowest BCUT2D eigenvalue weighted by atomic mass is 9.83. The van der Waals surface area contributed by atoms with Gasteiger partial charge in [0, 0.05) is 20.0 Å². The molecular formula is C10H16BF2NO3. The van der Waals surface area contributed by atoms with Crippen molar-refractivity contribution in [1.82, 2.24) is 4.90 Å². The summed E-state index contributed by atoms with van der Waals surface area (Å²) in [6.45, 7) is 5.88. The van der Waals surface area contributed by atoms with Crippen LogP contribution in [0.2, 0.25) is 0 Å². The SMILES string of the molecule is C=C[C@@H](C)[C@@](OB(F)F)(C(C)=O)C(=O)N(C)C. The molecular weight excluding hydrogens is 231 g/mol. The standard InChI is InChI=1S/C10H16BF2NO3/c1-6-7(2)10(8(3)15,17-11(12)13)9(16)14(4)5/h6-7H,1H2,2-5H3/t7-,10-/m1/s1. The molecule has 0 saturated heterocycles. The number of rotatable bonds is 6. The number of hydrogen-bond acceptors (Lipinski definition) is 3. The maximum atomic E-state index is 12.4. The van der Waals surface area contributed by atoms with E-state index in [1.807, 2.05) is 0 Å². The summed E-state index contributed by atoms with van der Waals surface area (Å²) in [6.07, 6.45) is 1.24. The maximum absolute atomic E-state index is 12.4. The predicted octanol–water partition coefficient (Wildman–Crippen LogP) is 1.16. The molecule has 0 aliphatic carbocycles. The number of nitrogens with zero attached hydrogens (tertiary/aromatic N) is 1. The van der Waals surface area contributed by atoms with Crippen molar-refractivity contribution in [1.29, 1.82) is 0 Å². The van der Waals surface area contributed by atoms with E-state index in [9.17, 15) is 18.2 Å². The van der Waals surface area contributed by atoms with Crippen molar-refractivity contribution in [3.63, 3.8) is 0 Å². The van der Waals surface area contributed by atoms with Crippen molar-refractivity contribution >= 4 is 19.2 Å². The summed E-state index contributed by atoms with van der Waals surface area (Å²) in [4.78, 5) is 24.6. The molecule has 0 spiro atoms. The van der Waals surface area contributed by atoms with Crippen LogP contribution in [0.4, 0.5) is 8.63 Å². The Morgan fingerprint density at radius 3 is 2.18 bits per heavy atom. The minimum absolute atomic E-state index is 0.774. The van der Waals surface area contributed by atoms with E-state index in [0.29, 0.717) is 0 Å². The highest BCUT2D eigenvalue weighted by molar-refractivity contribution is 6.36. The third-order valence-electron chi connectivity index (χ3n) is 2.52. The first-order chi connectivity index (χ1) is 7.70. The Hall–Kier alpha value is -1.24. The topological polar surface area (TPSA) is 46.6 Å². The highest BCUT2D eigenvalue weighted by Crippen LogP contribution is 2.28. The second-order valence-corrected chi connectivity index (χ2v) is 3.89. The summed E-state index contributed by atoms with van der Waals surface area (Å²) in [5, 5.41) is 0. The Morgan fingerprint density at radius 2 is 1.94 bits per heavy atom. The van der Waals surface area contributed by atoms with Gasteiger partial charge >= 0.3 is 7.47 Å². The first-order valence-corrected chi connectivity index (χ1v) is 5.01. The number of carbonyl (C=O) groups excluding carboxylic acids is 2. The summed E-state index contributed by atoms with van der Waals surface area (Å²) in [5.41, 5.74) is -2.21. The number of halogens is 2. The van der Waals surface area contributed by atoms with E-state index in [2.05, 4.69) is 11.2 Å². The molecule has 0 N–H and O–H groups in total. The van der Waals surface area contributed by atoms with Crippen molar-refractivity contribution in [3.8, 4) is 0 Å². The monoisotopic (exact) mass is 247 g/mol. The summed E-state index contributed by atoms with van der Waals surface area (Å²) < 4.78 is 29.2. The average molecular weight is 247 g/mol. The van der Waals surface area contributed by atoms with Crippen LogP contribution >= 0.6 is 0 Å². The third kappa shape index (κ3) is 3.12. The van der Waals surface area contributed by atoms with Crippen LogP contribution in [0.5, 0.6) is 0 Å². The fraction of sp³-hybridized carbons (Fsp3) is 0.600. The molecule has 0 fully saturated rings. The van der Waals surface area contributed by atoms with Gasteiger partial charge < -0.3 is 9.55 Å². The Morgan fingerprint density at radius 1 is 1.47 bits per heavy atom. The van der Waals surface area contributed by atoms with E-state index < -0.39 is 30.7 Å². The normalized spacial score (nSPS) is 15.6. The summed E-state index contributed by atoms with van der Waals surface area (Å²) >= 11 is 0. The third-order valence-corrected chi connectivity index (χ3v) is 2.52. The molecule has 0 aromatic rings. The first-order valence-electron chi connectivity index (χ1n) is 5.01. The number of ketones is 1. The summed E-state index contributed by atoms with van der Waals surface area (Å²) in [6, 6.07) is 0. The Bertz CT molecular complexity index is 323. The lowest BCUT2D eigenvalue weighted by molar-refractivity contribution is -0.159. The van der Waals surface area contributed by atoms with Crippen LogP contribution < -0.4 is 0 Å². The maximum Gasteiger partial charge on any atom is 0.722 e. The molecule has 96 valence electrons. The molecule has 4 nitrogen and oxygen atoms in total. The molecule has 0 saturated carbocycles. The van der Waals surface area contributed by atoms with Gasteiger partial charge in [-0.05, 0) is 6.92 Å². The van der Waals surface area contributed by atoms with E-state index >= 15 is 0 Å². The lowest BCUT2D eigenvalue weighted by Gasteiger charge is -2.35. The quantitative estimate of drug-likeness (QED) is 0.402. The minimum Gasteiger partial charge on any atom is -0.357 e. The predicted molar refractivity (Wildman–Crippen MR) is 60.5 cm³/mol. The van der Waals surface area contributed by atoms with Crippen molar-refractivity contribution in [3.05, 3.63) is 12.7 Å². The molecule has 0 radical (unpaired) electrons. The zero-order chi connectivity index (χ0) is 13.8. The highest BCUT2D eigenvalue weighted by atomic mass is 19.2. The molecule has 1 amide bonds. The number of Topliss-reactive ketones (excluding diaryl/α,β-unsaturated/α-hetero) is 1. The first kappa shape index (κ1) is 15.8. The second-order valence-electron chi connectivity index (χ2n) is 3.89. The van der Waals surface area contributed by atoms with Crippen LogP contribution in [0, 0.1) is 5.92 Å². The molecule has 0 unspecified atom stereocenters. The van der Waals surface area contributed by atoms with E-state index in [4.69, 9.17) is 0 Å².